The lowest BCUT2D eigenvalue weighted by Crippen LogP contribution is -1.94. The lowest BCUT2D eigenvalue weighted by Gasteiger charge is -2.02. The first-order valence-electron chi connectivity index (χ1n) is 7.90. The first-order chi connectivity index (χ1) is 13.0. The molecule has 0 unspecified atom stereocenters. The summed E-state index contributed by atoms with van der Waals surface area (Å²) in [5.41, 5.74) is 2.52. The van der Waals surface area contributed by atoms with Gasteiger partial charge in [-0.15, -0.1) is 0 Å². The molecule has 0 bridgehead atoms. The molecule has 27 heavy (non-hydrogen) atoms. The van der Waals surface area contributed by atoms with Gasteiger partial charge in [-0.1, -0.05) is 30.0 Å². The number of carboxylic acid groups (broad SMARTS) is 1. The first-order valence-corrected chi connectivity index (χ1v) is 8.89. The normalized spacial score (nSPS) is 11.1. The number of imidazole rings is 1. The zero-order chi connectivity index (χ0) is 19.0. The summed E-state index contributed by atoms with van der Waals surface area (Å²) >= 11 is 1.39. The number of aromatic amines is 1. The standard InChI is InChI=1S/C18H12N4O4S/c23-17(24)11-5-7-13-14(8-11)21-18(20-13)27-9-12-6-4-10-2-1-3-15(22(25)26)16(10)19-12/h1-8H,9H2,(H,20,21)(H,23,24). The predicted octanol–water partition coefficient (Wildman–Crippen LogP) is 4.01. The van der Waals surface area contributed by atoms with Crippen LogP contribution in [0.5, 0.6) is 0 Å². The smallest absolute Gasteiger partial charge is 0.335 e. The largest absolute Gasteiger partial charge is 0.478 e. The van der Waals surface area contributed by atoms with E-state index in [0.29, 0.717) is 38.5 Å². The number of H-pyrrole nitrogens is 1. The van der Waals surface area contributed by atoms with Crippen LogP contribution in [0.2, 0.25) is 0 Å². The summed E-state index contributed by atoms with van der Waals surface area (Å²) in [6, 6.07) is 13.2. The van der Waals surface area contributed by atoms with Crippen LogP contribution in [0.4, 0.5) is 5.69 Å². The highest BCUT2D eigenvalue weighted by atomic mass is 32.2. The molecule has 0 radical (unpaired) electrons. The molecule has 0 atom stereocenters. The zero-order valence-corrected chi connectivity index (χ0v) is 14.6. The van der Waals surface area contributed by atoms with E-state index in [1.165, 1.54) is 30.0 Å². The highest BCUT2D eigenvalue weighted by Gasteiger charge is 2.14. The van der Waals surface area contributed by atoms with Gasteiger partial charge >= 0.3 is 5.97 Å². The number of pyridine rings is 1. The molecule has 2 aromatic heterocycles. The molecule has 8 nitrogen and oxygen atoms in total. The molecular weight excluding hydrogens is 368 g/mol. The number of hydrogen-bond acceptors (Lipinski definition) is 6. The van der Waals surface area contributed by atoms with Gasteiger partial charge in [0.15, 0.2) is 5.16 Å². The Bertz CT molecular complexity index is 1200. The number of carboxylic acids is 1. The van der Waals surface area contributed by atoms with Crippen LogP contribution in [-0.2, 0) is 5.75 Å². The predicted molar refractivity (Wildman–Crippen MR) is 101 cm³/mol. The topological polar surface area (TPSA) is 122 Å². The minimum Gasteiger partial charge on any atom is -0.478 e. The number of fused-ring (bicyclic) bond motifs is 2. The van der Waals surface area contributed by atoms with Gasteiger partial charge in [0.05, 0.1) is 27.2 Å². The van der Waals surface area contributed by atoms with Gasteiger partial charge in [0.2, 0.25) is 0 Å². The maximum atomic E-state index is 11.2. The molecule has 9 heteroatoms. The minimum atomic E-state index is -0.998. The van der Waals surface area contributed by atoms with Crippen LogP contribution >= 0.6 is 11.8 Å². The molecule has 2 heterocycles. The van der Waals surface area contributed by atoms with E-state index in [2.05, 4.69) is 15.0 Å². The quantitative estimate of drug-likeness (QED) is 0.305. The van der Waals surface area contributed by atoms with E-state index in [0.717, 1.165) is 0 Å². The van der Waals surface area contributed by atoms with Gasteiger partial charge in [-0.25, -0.2) is 14.8 Å². The molecule has 2 aromatic carbocycles. The Labute approximate surface area is 156 Å². The number of nitro groups is 1. The summed E-state index contributed by atoms with van der Waals surface area (Å²) in [4.78, 5) is 33.7. The Hall–Kier alpha value is -3.46. The Morgan fingerprint density at radius 1 is 1.19 bits per heavy atom. The average Bonchev–Trinajstić information content (AvgIpc) is 3.07. The molecule has 134 valence electrons. The summed E-state index contributed by atoms with van der Waals surface area (Å²) in [7, 11) is 0. The molecular formula is C18H12N4O4S. The van der Waals surface area contributed by atoms with Crippen molar-refractivity contribution in [3.63, 3.8) is 0 Å². The number of para-hydroxylation sites is 1. The first kappa shape index (κ1) is 17.0. The molecule has 4 rings (SSSR count). The van der Waals surface area contributed by atoms with Crippen molar-refractivity contribution in [2.24, 2.45) is 0 Å². The van der Waals surface area contributed by atoms with Gasteiger partial charge < -0.3 is 10.1 Å². The number of thioether (sulfide) groups is 1. The second-order valence-electron chi connectivity index (χ2n) is 5.78. The summed E-state index contributed by atoms with van der Waals surface area (Å²) in [5.74, 6) is -0.532. The number of nitrogens with zero attached hydrogens (tertiary/aromatic N) is 3. The van der Waals surface area contributed by atoms with Crippen molar-refractivity contribution in [1.29, 1.82) is 0 Å². The number of nitrogens with one attached hydrogen (secondary N) is 1. The van der Waals surface area contributed by atoms with Gasteiger partial charge in [-0.05, 0) is 24.3 Å². The molecule has 0 fully saturated rings. The third-order valence-corrected chi connectivity index (χ3v) is 4.92. The van der Waals surface area contributed by atoms with E-state index >= 15 is 0 Å². The van der Waals surface area contributed by atoms with Crippen LogP contribution in [0.1, 0.15) is 16.1 Å². The molecule has 0 aliphatic heterocycles. The Kier molecular flexibility index (Phi) is 4.21. The lowest BCUT2D eigenvalue weighted by molar-refractivity contribution is -0.383. The van der Waals surface area contributed by atoms with Crippen molar-refractivity contribution in [2.45, 2.75) is 10.9 Å². The molecule has 0 saturated heterocycles. The van der Waals surface area contributed by atoms with E-state index in [9.17, 15) is 14.9 Å². The van der Waals surface area contributed by atoms with Crippen molar-refractivity contribution >= 4 is 45.4 Å². The van der Waals surface area contributed by atoms with E-state index in [1.54, 1.807) is 18.2 Å². The Morgan fingerprint density at radius 3 is 2.81 bits per heavy atom. The maximum Gasteiger partial charge on any atom is 0.335 e. The van der Waals surface area contributed by atoms with Gasteiger partial charge in [0, 0.05) is 17.2 Å². The van der Waals surface area contributed by atoms with Gasteiger partial charge in [-0.2, -0.15) is 0 Å². The fourth-order valence-electron chi connectivity index (χ4n) is 2.73. The highest BCUT2D eigenvalue weighted by Crippen LogP contribution is 2.27. The minimum absolute atomic E-state index is 0.0238. The summed E-state index contributed by atoms with van der Waals surface area (Å²) in [6.07, 6.45) is 0. The number of rotatable bonds is 5. The second kappa shape index (κ2) is 6.69. The molecule has 2 N–H and O–H groups in total. The molecule has 0 amide bonds. The van der Waals surface area contributed by atoms with Gasteiger partial charge in [0.1, 0.15) is 5.52 Å². The third-order valence-electron chi connectivity index (χ3n) is 4.02. The van der Waals surface area contributed by atoms with Crippen LogP contribution in [0, 0.1) is 10.1 Å². The monoisotopic (exact) mass is 380 g/mol. The number of non-ortho nitro benzene ring substituents is 1. The van der Waals surface area contributed by atoms with Crippen LogP contribution < -0.4 is 0 Å². The average molecular weight is 380 g/mol. The number of hydrogen-bond donors (Lipinski definition) is 2. The van der Waals surface area contributed by atoms with Crippen LogP contribution in [-0.4, -0.2) is 31.0 Å². The molecule has 0 saturated carbocycles. The van der Waals surface area contributed by atoms with E-state index in [1.807, 2.05) is 12.1 Å². The molecule has 4 aromatic rings. The van der Waals surface area contributed by atoms with Crippen LogP contribution in [0.15, 0.2) is 53.7 Å². The third kappa shape index (κ3) is 3.32. The van der Waals surface area contributed by atoms with E-state index in [-0.39, 0.29) is 11.3 Å². The van der Waals surface area contributed by atoms with E-state index in [4.69, 9.17) is 5.11 Å². The highest BCUT2D eigenvalue weighted by molar-refractivity contribution is 7.98. The van der Waals surface area contributed by atoms with Crippen molar-refractivity contribution in [3.05, 3.63) is 69.9 Å². The number of aromatic nitrogens is 3. The Morgan fingerprint density at radius 2 is 2.04 bits per heavy atom. The molecule has 0 aliphatic carbocycles. The Balaban J connectivity index is 1.59. The van der Waals surface area contributed by atoms with Crippen molar-refractivity contribution in [1.82, 2.24) is 15.0 Å². The number of nitro benzene ring substituents is 1. The molecule has 0 aliphatic rings. The van der Waals surface area contributed by atoms with Gasteiger partial charge in [-0.3, -0.25) is 10.1 Å². The van der Waals surface area contributed by atoms with E-state index < -0.39 is 10.9 Å². The maximum absolute atomic E-state index is 11.2. The second-order valence-corrected chi connectivity index (χ2v) is 6.74. The van der Waals surface area contributed by atoms with Gasteiger partial charge in [0.25, 0.3) is 5.69 Å². The van der Waals surface area contributed by atoms with Crippen LogP contribution in [0.3, 0.4) is 0 Å². The summed E-state index contributed by atoms with van der Waals surface area (Å²) in [6.45, 7) is 0. The van der Waals surface area contributed by atoms with Crippen LogP contribution in [0.25, 0.3) is 21.9 Å². The van der Waals surface area contributed by atoms with Crippen molar-refractivity contribution in [3.8, 4) is 0 Å². The molecule has 0 spiro atoms. The summed E-state index contributed by atoms with van der Waals surface area (Å²) in [5, 5.41) is 21.6. The SMILES string of the molecule is O=C(O)c1ccc2nc(SCc3ccc4cccc([N+](=O)[O-])c4n3)[nH]c2c1. The number of carbonyl (C=O) groups is 1. The fraction of sp³-hybridized carbons (Fsp3) is 0.0556. The van der Waals surface area contributed by atoms with Crippen molar-refractivity contribution in [2.75, 3.05) is 0 Å². The van der Waals surface area contributed by atoms with Crippen molar-refractivity contribution < 1.29 is 14.8 Å². The number of aromatic carboxylic acids is 1. The fourth-order valence-corrected chi connectivity index (χ4v) is 3.52. The zero-order valence-electron chi connectivity index (χ0n) is 13.7. The lowest BCUT2D eigenvalue weighted by atomic mass is 10.2. The summed E-state index contributed by atoms with van der Waals surface area (Å²) < 4.78 is 0. The number of benzene rings is 2.